The first kappa shape index (κ1) is 24.8. The number of thiophene rings is 1. The molecule has 2 aromatic heterocycles. The maximum Gasteiger partial charge on any atom is 0.253 e. The highest BCUT2D eigenvalue weighted by Crippen LogP contribution is 2.26. The smallest absolute Gasteiger partial charge is 0.253 e. The normalized spacial score (nSPS) is 11.7. The van der Waals surface area contributed by atoms with Crippen LogP contribution in [0, 0.1) is 0 Å². The van der Waals surface area contributed by atoms with Crippen molar-refractivity contribution in [3.8, 4) is 0 Å². The van der Waals surface area contributed by atoms with Gasteiger partial charge >= 0.3 is 0 Å². The van der Waals surface area contributed by atoms with E-state index in [1.807, 2.05) is 77.0 Å². The third-order valence-electron chi connectivity index (χ3n) is 5.35. The van der Waals surface area contributed by atoms with Crippen molar-refractivity contribution in [3.63, 3.8) is 0 Å². The van der Waals surface area contributed by atoms with E-state index in [0.717, 1.165) is 21.1 Å². The predicted molar refractivity (Wildman–Crippen MR) is 140 cm³/mol. The maximum atomic E-state index is 13.9. The molecular formula is C27H27N3O3S2. The van der Waals surface area contributed by atoms with Gasteiger partial charge in [0.15, 0.2) is 0 Å². The van der Waals surface area contributed by atoms with Crippen LogP contribution in [0.2, 0.25) is 0 Å². The van der Waals surface area contributed by atoms with Crippen LogP contribution in [-0.4, -0.2) is 35.7 Å². The Morgan fingerprint density at radius 3 is 2.34 bits per heavy atom. The molecule has 2 heterocycles. The van der Waals surface area contributed by atoms with E-state index in [-0.39, 0.29) is 11.8 Å². The maximum absolute atomic E-state index is 13.9. The summed E-state index contributed by atoms with van der Waals surface area (Å²) in [6, 6.07) is 24.2. The molecule has 0 bridgehead atoms. The second-order valence-corrected chi connectivity index (χ2v) is 10.1. The highest BCUT2D eigenvalue weighted by atomic mass is 32.2. The molecule has 0 saturated heterocycles. The molecule has 0 unspecified atom stereocenters. The SMILES string of the molecule is CN(C)C(=O)c1ccc(SN[C@@H](C(=O)N(Cc2ccco2)Cc2cccs2)c2ccccc2)cc1. The fourth-order valence-corrected chi connectivity index (χ4v) is 5.02. The molecule has 2 amide bonds. The molecule has 0 spiro atoms. The summed E-state index contributed by atoms with van der Waals surface area (Å²) >= 11 is 2.99. The first-order chi connectivity index (χ1) is 17.0. The molecule has 4 aromatic rings. The van der Waals surface area contributed by atoms with Crippen LogP contribution >= 0.6 is 23.3 Å². The third-order valence-corrected chi connectivity index (χ3v) is 7.07. The summed E-state index contributed by atoms with van der Waals surface area (Å²) in [4.78, 5) is 31.4. The van der Waals surface area contributed by atoms with Gasteiger partial charge in [-0.1, -0.05) is 36.4 Å². The number of hydrogen-bond donors (Lipinski definition) is 1. The lowest BCUT2D eigenvalue weighted by molar-refractivity contribution is -0.134. The Labute approximate surface area is 213 Å². The summed E-state index contributed by atoms with van der Waals surface area (Å²) in [7, 11) is 3.46. The molecule has 6 nitrogen and oxygen atoms in total. The number of carbonyl (C=O) groups is 2. The van der Waals surface area contributed by atoms with Gasteiger partial charge in [-0.2, -0.15) is 0 Å². The Kier molecular flexibility index (Phi) is 8.41. The summed E-state index contributed by atoms with van der Waals surface area (Å²) < 4.78 is 8.91. The van der Waals surface area contributed by atoms with Gasteiger partial charge in [0.05, 0.1) is 19.4 Å². The van der Waals surface area contributed by atoms with Crippen LogP contribution in [0.4, 0.5) is 0 Å². The summed E-state index contributed by atoms with van der Waals surface area (Å²) in [5.41, 5.74) is 1.50. The topological polar surface area (TPSA) is 65.8 Å². The zero-order valence-electron chi connectivity index (χ0n) is 19.6. The molecule has 2 aromatic carbocycles. The molecule has 1 N–H and O–H groups in total. The monoisotopic (exact) mass is 505 g/mol. The molecule has 0 radical (unpaired) electrons. The van der Waals surface area contributed by atoms with Crippen LogP contribution in [-0.2, 0) is 17.9 Å². The lowest BCUT2D eigenvalue weighted by atomic mass is 10.1. The summed E-state index contributed by atoms with van der Waals surface area (Å²) in [6.07, 6.45) is 1.62. The fourth-order valence-electron chi connectivity index (χ4n) is 3.53. The van der Waals surface area contributed by atoms with Crippen molar-refractivity contribution in [3.05, 3.63) is 112 Å². The molecule has 0 aliphatic carbocycles. The van der Waals surface area contributed by atoms with Crippen molar-refractivity contribution >= 4 is 35.1 Å². The summed E-state index contributed by atoms with van der Waals surface area (Å²) in [6.45, 7) is 0.870. The molecule has 0 aliphatic heterocycles. The van der Waals surface area contributed by atoms with Gasteiger partial charge < -0.3 is 14.2 Å². The lowest BCUT2D eigenvalue weighted by Gasteiger charge is -2.27. The minimum Gasteiger partial charge on any atom is -0.467 e. The Morgan fingerprint density at radius 1 is 0.943 bits per heavy atom. The Hall–Kier alpha value is -3.33. The number of nitrogens with one attached hydrogen (secondary N) is 1. The third kappa shape index (κ3) is 6.63. The highest BCUT2D eigenvalue weighted by Gasteiger charge is 2.27. The van der Waals surface area contributed by atoms with Crippen LogP contribution in [0.1, 0.15) is 32.6 Å². The van der Waals surface area contributed by atoms with E-state index in [4.69, 9.17) is 4.42 Å². The van der Waals surface area contributed by atoms with Gasteiger partial charge in [-0.15, -0.1) is 11.3 Å². The first-order valence-corrected chi connectivity index (χ1v) is 12.8. The van der Waals surface area contributed by atoms with Gasteiger partial charge in [-0.05, 0) is 65.4 Å². The molecule has 35 heavy (non-hydrogen) atoms. The zero-order chi connectivity index (χ0) is 24.6. The Balaban J connectivity index is 1.55. The minimum atomic E-state index is -0.570. The van der Waals surface area contributed by atoms with E-state index in [1.54, 1.807) is 48.7 Å². The van der Waals surface area contributed by atoms with Gasteiger partial charge in [-0.3, -0.25) is 9.59 Å². The fraction of sp³-hybridized carbons (Fsp3) is 0.185. The summed E-state index contributed by atoms with van der Waals surface area (Å²) in [5.74, 6) is 0.636. The van der Waals surface area contributed by atoms with Crippen molar-refractivity contribution in [1.29, 1.82) is 0 Å². The number of nitrogens with zero attached hydrogens (tertiary/aromatic N) is 2. The van der Waals surface area contributed by atoms with E-state index in [1.165, 1.54) is 11.9 Å². The number of carbonyl (C=O) groups excluding carboxylic acids is 2. The van der Waals surface area contributed by atoms with Gasteiger partial charge in [0.2, 0.25) is 5.91 Å². The standard InChI is InChI=1S/C27H27N3O3S2/c1-29(2)26(31)21-12-14-23(15-13-21)35-28-25(20-8-4-3-5-9-20)27(32)30(18-22-10-6-16-33-22)19-24-11-7-17-34-24/h3-17,25,28H,18-19H2,1-2H3/t25-/m1/s1. The van der Waals surface area contributed by atoms with Crippen LogP contribution in [0.15, 0.2) is 99.8 Å². The average Bonchev–Trinajstić information content (AvgIpc) is 3.59. The van der Waals surface area contributed by atoms with Crippen molar-refractivity contribution in [2.24, 2.45) is 0 Å². The minimum absolute atomic E-state index is 0.0472. The molecule has 8 heteroatoms. The molecule has 0 saturated carbocycles. The number of benzene rings is 2. The largest absolute Gasteiger partial charge is 0.467 e. The Morgan fingerprint density at radius 2 is 1.71 bits per heavy atom. The average molecular weight is 506 g/mol. The van der Waals surface area contributed by atoms with Crippen molar-refractivity contribution in [1.82, 2.24) is 14.5 Å². The molecule has 4 rings (SSSR count). The lowest BCUT2D eigenvalue weighted by Crippen LogP contribution is -2.38. The second kappa shape index (κ2) is 11.9. The van der Waals surface area contributed by atoms with E-state index < -0.39 is 6.04 Å². The Bertz CT molecular complexity index is 1170. The van der Waals surface area contributed by atoms with E-state index >= 15 is 0 Å². The highest BCUT2D eigenvalue weighted by molar-refractivity contribution is 7.97. The van der Waals surface area contributed by atoms with Crippen LogP contribution in [0.3, 0.4) is 0 Å². The quantitative estimate of drug-likeness (QED) is 0.284. The second-order valence-electron chi connectivity index (χ2n) is 8.14. The number of hydrogen-bond acceptors (Lipinski definition) is 6. The molecule has 180 valence electrons. The van der Waals surface area contributed by atoms with Crippen LogP contribution in [0.25, 0.3) is 0 Å². The van der Waals surface area contributed by atoms with Crippen LogP contribution in [0.5, 0.6) is 0 Å². The summed E-state index contributed by atoms with van der Waals surface area (Å²) in [5, 5.41) is 2.01. The molecule has 0 fully saturated rings. The molecule has 1 atom stereocenters. The van der Waals surface area contributed by atoms with Gasteiger partial charge in [-0.25, -0.2) is 4.72 Å². The van der Waals surface area contributed by atoms with Gasteiger partial charge in [0.1, 0.15) is 11.8 Å². The van der Waals surface area contributed by atoms with Crippen molar-refractivity contribution in [2.75, 3.05) is 14.1 Å². The number of furan rings is 1. The van der Waals surface area contributed by atoms with E-state index in [9.17, 15) is 9.59 Å². The van der Waals surface area contributed by atoms with E-state index in [2.05, 4.69) is 4.72 Å². The van der Waals surface area contributed by atoms with Gasteiger partial charge in [0, 0.05) is 29.4 Å². The predicted octanol–water partition coefficient (Wildman–Crippen LogP) is 5.61. The van der Waals surface area contributed by atoms with Gasteiger partial charge in [0.25, 0.3) is 5.91 Å². The van der Waals surface area contributed by atoms with Crippen molar-refractivity contribution in [2.45, 2.75) is 24.0 Å². The number of amides is 2. The van der Waals surface area contributed by atoms with Crippen LogP contribution < -0.4 is 4.72 Å². The van der Waals surface area contributed by atoms with E-state index in [0.29, 0.717) is 18.7 Å². The van der Waals surface area contributed by atoms with Crippen molar-refractivity contribution < 1.29 is 14.0 Å². The molecular weight excluding hydrogens is 478 g/mol. The zero-order valence-corrected chi connectivity index (χ0v) is 21.2. The first-order valence-electron chi connectivity index (χ1n) is 11.1. The number of rotatable bonds is 10. The molecule has 0 aliphatic rings.